The van der Waals surface area contributed by atoms with Crippen molar-refractivity contribution in [1.29, 1.82) is 0 Å². The molecule has 0 spiro atoms. The van der Waals surface area contributed by atoms with Crippen LogP contribution >= 0.6 is 0 Å². The topological polar surface area (TPSA) is 108 Å². The molecule has 1 saturated heterocycles. The van der Waals surface area contributed by atoms with Crippen LogP contribution in [0.15, 0.2) is 60.6 Å². The highest BCUT2D eigenvalue weighted by Crippen LogP contribution is 2.42. The van der Waals surface area contributed by atoms with E-state index in [4.69, 9.17) is 11.6 Å². The van der Waals surface area contributed by atoms with E-state index >= 15 is 0 Å². The van der Waals surface area contributed by atoms with E-state index in [1.807, 2.05) is 36.4 Å². The van der Waals surface area contributed by atoms with E-state index in [2.05, 4.69) is 5.32 Å². The molecule has 1 heterocycles. The number of nitrogens with two attached hydrogens (primary N) is 2. The zero-order valence-electron chi connectivity index (χ0n) is 21.1. The molecule has 10 heteroatoms. The quantitative estimate of drug-likeness (QED) is 0.352. The van der Waals surface area contributed by atoms with Gasteiger partial charge in [0.05, 0.1) is 18.8 Å². The first-order chi connectivity index (χ1) is 17.6. The Morgan fingerprint density at radius 1 is 1.16 bits per heavy atom. The van der Waals surface area contributed by atoms with Crippen molar-refractivity contribution in [1.82, 2.24) is 20.1 Å². The number of hydrogen-bond donors (Lipinski definition) is 3. The summed E-state index contributed by atoms with van der Waals surface area (Å²) in [5.41, 5.74) is 7.85. The number of benzene rings is 2. The minimum Gasteiger partial charge on any atom is -0.384 e. The van der Waals surface area contributed by atoms with E-state index in [0.29, 0.717) is 16.9 Å². The van der Waals surface area contributed by atoms with Gasteiger partial charge in [-0.2, -0.15) is 0 Å². The fourth-order valence-corrected chi connectivity index (χ4v) is 4.58. The molecule has 2 aromatic rings. The van der Waals surface area contributed by atoms with Gasteiger partial charge in [0.15, 0.2) is 0 Å². The van der Waals surface area contributed by atoms with Crippen LogP contribution < -0.4 is 16.9 Å². The lowest BCUT2D eigenvalue weighted by atomic mass is 9.96. The van der Waals surface area contributed by atoms with Crippen LogP contribution in [0.2, 0.25) is 0 Å². The van der Waals surface area contributed by atoms with Gasteiger partial charge in [-0.1, -0.05) is 42.5 Å². The highest BCUT2D eigenvalue weighted by atomic mass is 19.1. The zero-order valence-corrected chi connectivity index (χ0v) is 21.1. The number of hydrogen-bond acceptors (Lipinski definition) is 6. The Bertz CT molecular complexity index is 1150. The van der Waals surface area contributed by atoms with Gasteiger partial charge in [-0.25, -0.2) is 14.6 Å². The first kappa shape index (κ1) is 26.4. The first-order valence-electron chi connectivity index (χ1n) is 12.4. The molecule has 2 aliphatic rings. The molecular weight excluding hydrogens is 478 g/mol. The lowest BCUT2D eigenvalue weighted by Gasteiger charge is -2.28. The molecule has 2 aromatic carbocycles. The number of halogens is 2. The maximum atomic E-state index is 14.9. The van der Waals surface area contributed by atoms with Crippen LogP contribution in [0.1, 0.15) is 47.9 Å². The minimum atomic E-state index is -1.35. The van der Waals surface area contributed by atoms with Gasteiger partial charge >= 0.3 is 0 Å². The van der Waals surface area contributed by atoms with Crippen LogP contribution in [0.4, 0.5) is 8.78 Å². The van der Waals surface area contributed by atoms with Crippen molar-refractivity contribution in [3.63, 3.8) is 0 Å². The van der Waals surface area contributed by atoms with Gasteiger partial charge < -0.3 is 25.9 Å². The largest absolute Gasteiger partial charge is 0.384 e. The molecular formula is C27H34F2N6O2. The molecule has 2 amide bonds. The van der Waals surface area contributed by atoms with Crippen molar-refractivity contribution in [2.45, 2.75) is 43.4 Å². The Hall–Kier alpha value is -3.66. The monoisotopic (exact) mass is 512 g/mol. The van der Waals surface area contributed by atoms with Crippen LogP contribution in [-0.4, -0.2) is 66.0 Å². The third-order valence-corrected chi connectivity index (χ3v) is 6.80. The van der Waals surface area contributed by atoms with Gasteiger partial charge in [0.25, 0.3) is 0 Å². The second kappa shape index (κ2) is 11.2. The van der Waals surface area contributed by atoms with Gasteiger partial charge in [0, 0.05) is 20.5 Å². The molecule has 0 unspecified atom stereocenters. The van der Waals surface area contributed by atoms with Crippen molar-refractivity contribution in [3.8, 4) is 0 Å². The molecule has 0 radical (unpaired) electrons. The van der Waals surface area contributed by atoms with Crippen LogP contribution in [-0.2, 0) is 9.59 Å². The molecule has 1 aliphatic heterocycles. The third kappa shape index (κ3) is 6.37. The van der Waals surface area contributed by atoms with E-state index in [9.17, 15) is 18.4 Å². The number of rotatable bonds is 9. The highest BCUT2D eigenvalue weighted by Gasteiger charge is 2.40. The second-order valence-electron chi connectivity index (χ2n) is 9.92. The summed E-state index contributed by atoms with van der Waals surface area (Å²) in [6.07, 6.45) is 1.86. The number of carbonyl (C=O) groups excluding carboxylic acids is 2. The number of likely N-dealkylation sites (tertiary alicyclic amines) is 1. The van der Waals surface area contributed by atoms with Gasteiger partial charge in [-0.3, -0.25) is 9.59 Å². The number of nitrogens with one attached hydrogen (secondary N) is 1. The normalized spacial score (nSPS) is 20.5. The molecule has 4 rings (SSSR count). The summed E-state index contributed by atoms with van der Waals surface area (Å²) >= 11 is 0. The predicted molar refractivity (Wildman–Crippen MR) is 137 cm³/mol. The summed E-state index contributed by atoms with van der Waals surface area (Å²) < 4.78 is 29.3. The Morgan fingerprint density at radius 3 is 2.49 bits per heavy atom. The van der Waals surface area contributed by atoms with Crippen molar-refractivity contribution in [2.24, 2.45) is 11.6 Å². The van der Waals surface area contributed by atoms with Gasteiger partial charge in [-0.15, -0.1) is 0 Å². The third-order valence-electron chi connectivity index (χ3n) is 6.80. The van der Waals surface area contributed by atoms with Crippen molar-refractivity contribution >= 4 is 11.8 Å². The zero-order chi connectivity index (χ0) is 26.7. The Balaban J connectivity index is 1.53. The molecule has 37 heavy (non-hydrogen) atoms. The Morgan fingerprint density at radius 2 is 1.86 bits per heavy atom. The fourth-order valence-electron chi connectivity index (χ4n) is 4.58. The summed E-state index contributed by atoms with van der Waals surface area (Å²) in [4.78, 5) is 29.2. The van der Waals surface area contributed by atoms with E-state index in [-0.39, 0.29) is 31.2 Å². The van der Waals surface area contributed by atoms with E-state index in [0.717, 1.165) is 23.4 Å². The summed E-state index contributed by atoms with van der Waals surface area (Å²) in [7, 11) is 3.45. The molecule has 1 saturated carbocycles. The van der Waals surface area contributed by atoms with E-state index < -0.39 is 30.1 Å². The van der Waals surface area contributed by atoms with Crippen LogP contribution in [0, 0.1) is 5.82 Å². The van der Waals surface area contributed by atoms with Crippen molar-refractivity contribution in [3.05, 3.63) is 83.1 Å². The Labute approximate surface area is 215 Å². The minimum absolute atomic E-state index is 0.131. The molecule has 1 aliphatic carbocycles. The van der Waals surface area contributed by atoms with Gasteiger partial charge in [0.2, 0.25) is 11.8 Å². The number of alkyl halides is 1. The fraction of sp³-hybridized carbons (Fsp3) is 0.407. The molecule has 0 aromatic heterocycles. The molecule has 0 bridgehead atoms. The summed E-state index contributed by atoms with van der Waals surface area (Å²) in [5.74, 6) is 5.17. The molecule has 198 valence electrons. The average molecular weight is 513 g/mol. The van der Waals surface area contributed by atoms with E-state index in [1.165, 1.54) is 17.2 Å². The van der Waals surface area contributed by atoms with Crippen LogP contribution in [0.25, 0.3) is 0 Å². The van der Waals surface area contributed by atoms with Gasteiger partial charge in [-0.05, 0) is 41.5 Å². The maximum absolute atomic E-state index is 14.9. The maximum Gasteiger partial charge on any atom is 0.244 e. The SMILES string of the molecule is CN(C)/C(N)=C/N(N)CC(=O)N1C[C@H](F)C[C@H]1C(=O)N[C@@H](c1ccccc1)c1ccc(C2CC2)c(F)c1. The molecule has 3 atom stereocenters. The number of hydrazine groups is 1. The smallest absolute Gasteiger partial charge is 0.244 e. The summed E-state index contributed by atoms with van der Waals surface area (Å²) in [5, 5.41) is 4.05. The summed E-state index contributed by atoms with van der Waals surface area (Å²) in [6.45, 7) is -0.487. The summed E-state index contributed by atoms with van der Waals surface area (Å²) in [6, 6.07) is 12.5. The molecule has 5 N–H and O–H groups in total. The second-order valence-corrected chi connectivity index (χ2v) is 9.92. The van der Waals surface area contributed by atoms with Crippen molar-refractivity contribution < 1.29 is 18.4 Å². The highest BCUT2D eigenvalue weighted by molar-refractivity contribution is 5.89. The lowest BCUT2D eigenvalue weighted by molar-refractivity contribution is -0.139. The molecule has 2 fully saturated rings. The predicted octanol–water partition coefficient (Wildman–Crippen LogP) is 2.34. The molecule has 8 nitrogen and oxygen atoms in total. The number of nitrogens with zero attached hydrogens (tertiary/aromatic N) is 3. The number of carbonyl (C=O) groups is 2. The Kier molecular flexibility index (Phi) is 7.97. The van der Waals surface area contributed by atoms with E-state index in [1.54, 1.807) is 25.1 Å². The standard InChI is InChI=1S/C27H34F2N6O2/c1-33(2)24(30)15-34(31)16-25(36)35-14-20(28)13-23(35)27(37)32-26(18-6-4-3-5-7-18)19-10-11-21(17-8-9-17)22(29)12-19/h3-7,10-12,15,17,20,23,26H,8-9,13-14,16,30-31H2,1-2H3,(H,32,37)/b24-15+/t20-,23+,26+/m1/s1. The average Bonchev–Trinajstić information content (AvgIpc) is 3.62. The number of amides is 2. The van der Waals surface area contributed by atoms with Crippen molar-refractivity contribution in [2.75, 3.05) is 27.2 Å². The first-order valence-corrected chi connectivity index (χ1v) is 12.4. The van der Waals surface area contributed by atoms with Gasteiger partial charge in [0.1, 0.15) is 30.4 Å². The van der Waals surface area contributed by atoms with Crippen LogP contribution in [0.3, 0.4) is 0 Å². The van der Waals surface area contributed by atoms with Crippen LogP contribution in [0.5, 0.6) is 0 Å². The lowest BCUT2D eigenvalue weighted by Crippen LogP contribution is -2.50.